The normalized spacial score (nSPS) is 18.5. The van der Waals surface area contributed by atoms with E-state index in [4.69, 9.17) is 9.47 Å². The van der Waals surface area contributed by atoms with E-state index in [0.29, 0.717) is 29.2 Å². The minimum atomic E-state index is -5.76. The molecule has 27 heavy (non-hydrogen) atoms. The molecular formula is C17H18F3NO5S. The molecule has 0 unspecified atom stereocenters. The third-order valence-corrected chi connectivity index (χ3v) is 5.29. The van der Waals surface area contributed by atoms with Crippen molar-refractivity contribution in [3.63, 3.8) is 0 Å². The minimum Gasteiger partial charge on any atom is -0.454 e. The third-order valence-electron chi connectivity index (χ3n) is 4.31. The van der Waals surface area contributed by atoms with E-state index in [1.54, 1.807) is 12.1 Å². The van der Waals surface area contributed by atoms with Crippen molar-refractivity contribution in [2.24, 2.45) is 4.99 Å². The summed E-state index contributed by atoms with van der Waals surface area (Å²) in [5, 5.41) is 0. The number of fused-ring (bicyclic) bond motifs is 1. The number of nitrogens with zero attached hydrogens (tertiary/aromatic N) is 1. The first-order valence-corrected chi connectivity index (χ1v) is 9.71. The van der Waals surface area contributed by atoms with E-state index in [1.165, 1.54) is 7.05 Å². The number of hydrogen-bond donors (Lipinski definition) is 0. The Labute approximate surface area is 154 Å². The van der Waals surface area contributed by atoms with Crippen molar-refractivity contribution in [1.29, 1.82) is 0 Å². The van der Waals surface area contributed by atoms with Crippen LogP contribution in [-0.4, -0.2) is 33.5 Å². The minimum absolute atomic E-state index is 0.0112. The molecular weight excluding hydrogens is 387 g/mol. The van der Waals surface area contributed by atoms with Crippen LogP contribution in [0.2, 0.25) is 0 Å². The zero-order valence-corrected chi connectivity index (χ0v) is 15.5. The van der Waals surface area contributed by atoms with Crippen molar-refractivity contribution in [2.45, 2.75) is 38.1 Å². The van der Waals surface area contributed by atoms with Crippen LogP contribution in [-0.2, 0) is 20.7 Å². The molecule has 0 saturated heterocycles. The fourth-order valence-corrected chi connectivity index (χ4v) is 3.65. The summed E-state index contributed by atoms with van der Waals surface area (Å²) in [7, 11) is -4.26. The Kier molecular flexibility index (Phi) is 5.11. The number of aliphatic imine (C=N–C) groups is 1. The van der Waals surface area contributed by atoms with Gasteiger partial charge in [0.05, 0.1) is 0 Å². The van der Waals surface area contributed by atoms with Gasteiger partial charge < -0.3 is 13.7 Å². The van der Waals surface area contributed by atoms with Gasteiger partial charge in [0, 0.05) is 24.8 Å². The van der Waals surface area contributed by atoms with Gasteiger partial charge in [-0.1, -0.05) is 13.3 Å². The quantitative estimate of drug-likeness (QED) is 0.550. The number of rotatable bonds is 5. The molecule has 0 spiro atoms. The van der Waals surface area contributed by atoms with E-state index in [0.717, 1.165) is 12.0 Å². The lowest BCUT2D eigenvalue weighted by molar-refractivity contribution is -0.0522. The van der Waals surface area contributed by atoms with Gasteiger partial charge in [0.15, 0.2) is 11.5 Å². The van der Waals surface area contributed by atoms with Crippen LogP contribution in [0.3, 0.4) is 0 Å². The molecule has 0 bridgehead atoms. The molecule has 3 rings (SSSR count). The van der Waals surface area contributed by atoms with E-state index < -0.39 is 15.6 Å². The third kappa shape index (κ3) is 3.62. The lowest BCUT2D eigenvalue weighted by atomic mass is 9.94. The number of alkyl halides is 3. The second-order valence-corrected chi connectivity index (χ2v) is 7.60. The first kappa shape index (κ1) is 19.5. The van der Waals surface area contributed by atoms with Gasteiger partial charge in [0.2, 0.25) is 6.79 Å². The summed E-state index contributed by atoms with van der Waals surface area (Å²) in [6.07, 6.45) is 1.69. The van der Waals surface area contributed by atoms with Crippen molar-refractivity contribution in [3.05, 3.63) is 29.0 Å². The summed E-state index contributed by atoms with van der Waals surface area (Å²) < 4.78 is 76.6. The lowest BCUT2D eigenvalue weighted by Gasteiger charge is -2.15. The molecule has 0 radical (unpaired) electrons. The summed E-state index contributed by atoms with van der Waals surface area (Å²) in [5.41, 5.74) is -3.40. The highest BCUT2D eigenvalue weighted by Crippen LogP contribution is 2.43. The lowest BCUT2D eigenvalue weighted by Crippen LogP contribution is -2.25. The van der Waals surface area contributed by atoms with Crippen LogP contribution in [0.4, 0.5) is 13.2 Å². The summed E-state index contributed by atoms with van der Waals surface area (Å²) in [6.45, 7) is 2.00. The molecule has 2 aliphatic rings. The average Bonchev–Trinajstić information content (AvgIpc) is 3.19. The van der Waals surface area contributed by atoms with Crippen LogP contribution in [0, 0.1) is 0 Å². The van der Waals surface area contributed by atoms with Gasteiger partial charge in [0.25, 0.3) is 0 Å². The maximum atomic E-state index is 12.8. The largest absolute Gasteiger partial charge is 0.534 e. The van der Waals surface area contributed by atoms with Crippen molar-refractivity contribution in [2.75, 3.05) is 13.8 Å². The van der Waals surface area contributed by atoms with Gasteiger partial charge in [-0.15, -0.1) is 0 Å². The average molecular weight is 405 g/mol. The number of aryl methyl sites for hydroxylation is 1. The van der Waals surface area contributed by atoms with E-state index >= 15 is 0 Å². The van der Waals surface area contributed by atoms with Crippen LogP contribution in [0.15, 0.2) is 22.9 Å². The van der Waals surface area contributed by atoms with Crippen LogP contribution < -0.4 is 9.47 Å². The molecule has 1 aliphatic carbocycles. The molecule has 1 aromatic carbocycles. The highest BCUT2D eigenvalue weighted by molar-refractivity contribution is 7.87. The standard InChI is InChI=1S/C17H18F3NO5S/c1-3-4-10-7-14-15(25-9-24-14)8-11(10)16-12(21-2)5-6-13(16)26-27(22,23)17(18,19)20/h7-8H,3-6,9H2,1-2H3/b21-12+. The van der Waals surface area contributed by atoms with Gasteiger partial charge in [-0.25, -0.2) is 0 Å². The zero-order valence-electron chi connectivity index (χ0n) is 14.7. The highest BCUT2D eigenvalue weighted by Gasteiger charge is 2.49. The summed E-state index contributed by atoms with van der Waals surface area (Å²) >= 11 is 0. The molecule has 10 heteroatoms. The fourth-order valence-electron chi connectivity index (χ4n) is 3.13. The Morgan fingerprint density at radius 3 is 2.44 bits per heavy atom. The smallest absolute Gasteiger partial charge is 0.454 e. The van der Waals surface area contributed by atoms with Crippen molar-refractivity contribution in [1.82, 2.24) is 0 Å². The van der Waals surface area contributed by atoms with Crippen LogP contribution >= 0.6 is 0 Å². The van der Waals surface area contributed by atoms with Gasteiger partial charge in [-0.2, -0.15) is 21.6 Å². The highest BCUT2D eigenvalue weighted by atomic mass is 32.2. The Bertz CT molecular complexity index is 919. The molecule has 148 valence electrons. The van der Waals surface area contributed by atoms with Crippen LogP contribution in [0.5, 0.6) is 11.5 Å². The number of hydrogen-bond acceptors (Lipinski definition) is 6. The first-order chi connectivity index (χ1) is 12.7. The second-order valence-electron chi connectivity index (χ2n) is 6.06. The summed E-state index contributed by atoms with van der Waals surface area (Å²) in [5.74, 6) is 0.725. The molecule has 1 heterocycles. The topological polar surface area (TPSA) is 74.2 Å². The van der Waals surface area contributed by atoms with Crippen LogP contribution in [0.1, 0.15) is 37.3 Å². The van der Waals surface area contributed by atoms with E-state index in [-0.39, 0.29) is 31.0 Å². The van der Waals surface area contributed by atoms with E-state index in [1.807, 2.05) is 6.92 Å². The number of halogens is 3. The Morgan fingerprint density at radius 1 is 1.19 bits per heavy atom. The summed E-state index contributed by atoms with van der Waals surface area (Å²) in [4.78, 5) is 4.11. The molecule has 0 atom stereocenters. The Morgan fingerprint density at radius 2 is 1.85 bits per heavy atom. The van der Waals surface area contributed by atoms with Gasteiger partial charge in [-0.05, 0) is 36.1 Å². The van der Waals surface area contributed by atoms with Crippen molar-refractivity contribution in [3.8, 4) is 11.5 Å². The van der Waals surface area contributed by atoms with Gasteiger partial charge >= 0.3 is 15.6 Å². The van der Waals surface area contributed by atoms with Crippen LogP contribution in [0.25, 0.3) is 5.57 Å². The first-order valence-electron chi connectivity index (χ1n) is 8.30. The molecule has 1 aliphatic heterocycles. The van der Waals surface area contributed by atoms with Gasteiger partial charge in [0.1, 0.15) is 5.76 Å². The van der Waals surface area contributed by atoms with Gasteiger partial charge in [-0.3, -0.25) is 4.99 Å². The predicted octanol–water partition coefficient (Wildman–Crippen LogP) is 3.81. The van der Waals surface area contributed by atoms with E-state index in [9.17, 15) is 21.6 Å². The molecule has 0 N–H and O–H groups in total. The maximum absolute atomic E-state index is 12.8. The Hall–Kier alpha value is -2.23. The number of ether oxygens (including phenoxy) is 2. The molecule has 6 nitrogen and oxygen atoms in total. The molecule has 0 aromatic heterocycles. The van der Waals surface area contributed by atoms with E-state index in [2.05, 4.69) is 9.18 Å². The predicted molar refractivity (Wildman–Crippen MR) is 92.1 cm³/mol. The number of benzene rings is 1. The van der Waals surface area contributed by atoms with Crippen molar-refractivity contribution < 1.29 is 35.2 Å². The monoisotopic (exact) mass is 405 g/mol. The molecule has 0 amide bonds. The maximum Gasteiger partial charge on any atom is 0.534 e. The zero-order chi connectivity index (χ0) is 19.8. The second kappa shape index (κ2) is 7.06. The Balaban J connectivity index is 2.16. The molecule has 0 saturated carbocycles. The van der Waals surface area contributed by atoms with Crippen molar-refractivity contribution >= 4 is 21.4 Å². The molecule has 0 fully saturated rings. The fraction of sp³-hybridized carbons (Fsp3) is 0.471. The number of allylic oxidation sites excluding steroid dienone is 2. The SMILES string of the molecule is CCCc1cc2c(cc1C1=C(OS(=O)(=O)C(F)(F)F)CC/C1=N\C)OCO2. The molecule has 1 aromatic rings. The summed E-state index contributed by atoms with van der Waals surface area (Å²) in [6, 6.07) is 3.40.